The lowest BCUT2D eigenvalue weighted by molar-refractivity contribution is -0.144. The fourth-order valence-corrected chi connectivity index (χ4v) is 3.02. The topological polar surface area (TPSA) is 30.0 Å². The Kier molecular flexibility index (Phi) is 4.28. The third kappa shape index (κ3) is 3.30. The molecule has 2 nitrogen and oxygen atoms in total. The van der Waals surface area contributed by atoms with E-state index in [9.17, 15) is 35.5 Å². The summed E-state index contributed by atoms with van der Waals surface area (Å²) in [5.74, 6) is -2.64. The summed E-state index contributed by atoms with van der Waals surface area (Å²) < 4.78 is 91.3. The van der Waals surface area contributed by atoms with Gasteiger partial charge in [-0.25, -0.2) is 4.39 Å². The van der Waals surface area contributed by atoms with E-state index in [0.717, 1.165) is 18.2 Å². The highest BCUT2D eigenvalue weighted by molar-refractivity contribution is 6.03. The van der Waals surface area contributed by atoms with Gasteiger partial charge in [0.25, 0.3) is 0 Å². The quantitative estimate of drug-likeness (QED) is 0.642. The lowest BCUT2D eigenvalue weighted by atomic mass is 9.79. The molecule has 0 spiro atoms. The molecule has 0 amide bonds. The SMILES string of the molecule is O=C1c2ccc(F)cc2CCC1c1ncc(C(F)(F)F)cc1C(F)(F)F. The number of nitrogens with zero attached hydrogens (tertiary/aromatic N) is 1. The molecule has 138 valence electrons. The van der Waals surface area contributed by atoms with Gasteiger partial charge in [0.05, 0.1) is 22.7 Å². The highest BCUT2D eigenvalue weighted by Crippen LogP contribution is 2.41. The van der Waals surface area contributed by atoms with E-state index < -0.39 is 46.7 Å². The van der Waals surface area contributed by atoms with E-state index in [4.69, 9.17) is 0 Å². The molecule has 0 saturated carbocycles. The van der Waals surface area contributed by atoms with Crippen molar-refractivity contribution < 1.29 is 35.5 Å². The normalized spacial score (nSPS) is 18.0. The van der Waals surface area contributed by atoms with Crippen LogP contribution < -0.4 is 0 Å². The van der Waals surface area contributed by atoms with Crippen molar-refractivity contribution in [2.75, 3.05) is 0 Å². The summed E-state index contributed by atoms with van der Waals surface area (Å²) >= 11 is 0. The Labute approximate surface area is 142 Å². The van der Waals surface area contributed by atoms with Crippen molar-refractivity contribution in [3.63, 3.8) is 0 Å². The molecule has 0 saturated heterocycles. The van der Waals surface area contributed by atoms with Crippen molar-refractivity contribution in [1.82, 2.24) is 4.98 Å². The van der Waals surface area contributed by atoms with Gasteiger partial charge in [-0.2, -0.15) is 26.3 Å². The molecule has 1 aliphatic rings. The molecule has 1 atom stereocenters. The van der Waals surface area contributed by atoms with E-state index >= 15 is 0 Å². The smallest absolute Gasteiger partial charge is 0.293 e. The van der Waals surface area contributed by atoms with Crippen LogP contribution in [0.25, 0.3) is 0 Å². The Morgan fingerprint density at radius 1 is 1.00 bits per heavy atom. The van der Waals surface area contributed by atoms with Gasteiger partial charge in [0.2, 0.25) is 0 Å². The monoisotopic (exact) mass is 377 g/mol. The number of Topliss-reactive ketones (excluding diaryl/α,β-unsaturated/α-hetero) is 1. The molecule has 9 heteroatoms. The second-order valence-electron chi connectivity index (χ2n) is 5.91. The van der Waals surface area contributed by atoms with Crippen LogP contribution in [0.1, 0.15) is 45.1 Å². The van der Waals surface area contributed by atoms with Crippen molar-refractivity contribution in [2.24, 2.45) is 0 Å². The third-order valence-electron chi connectivity index (χ3n) is 4.23. The Balaban J connectivity index is 2.09. The largest absolute Gasteiger partial charge is 0.418 e. The number of benzene rings is 1. The van der Waals surface area contributed by atoms with E-state index in [1.807, 2.05) is 0 Å². The maximum absolute atomic E-state index is 13.3. The van der Waals surface area contributed by atoms with Gasteiger partial charge in [0.1, 0.15) is 5.82 Å². The summed E-state index contributed by atoms with van der Waals surface area (Å²) in [6.07, 6.45) is -9.79. The standard InChI is InChI=1S/C17H10F7NO/c18-10-2-4-11-8(5-10)1-3-12(15(11)26)14-13(17(22,23)24)6-9(7-25-14)16(19,20)21/h2,4-7,12H,1,3H2. The Hall–Kier alpha value is -2.45. The minimum absolute atomic E-state index is 0.0320. The molecule has 3 rings (SSSR count). The number of rotatable bonds is 1. The van der Waals surface area contributed by atoms with Crippen LogP contribution in [-0.2, 0) is 18.8 Å². The van der Waals surface area contributed by atoms with Gasteiger partial charge in [-0.1, -0.05) is 0 Å². The zero-order valence-corrected chi connectivity index (χ0v) is 12.9. The summed E-state index contributed by atoms with van der Waals surface area (Å²) in [6, 6.07) is 3.25. The number of carbonyl (C=O) groups excluding carboxylic acids is 1. The second-order valence-corrected chi connectivity index (χ2v) is 5.91. The molecule has 0 N–H and O–H groups in total. The number of hydrogen-bond acceptors (Lipinski definition) is 2. The number of halogens is 7. The first kappa shape index (κ1) is 18.3. The molecule has 1 aliphatic carbocycles. The van der Waals surface area contributed by atoms with Crippen LogP contribution in [0.2, 0.25) is 0 Å². The number of fused-ring (bicyclic) bond motifs is 1. The number of aromatic nitrogens is 1. The first-order valence-corrected chi connectivity index (χ1v) is 7.45. The average Bonchev–Trinajstić information content (AvgIpc) is 2.53. The van der Waals surface area contributed by atoms with Crippen LogP contribution in [0.3, 0.4) is 0 Å². The fraction of sp³-hybridized carbons (Fsp3) is 0.294. The summed E-state index contributed by atoms with van der Waals surface area (Å²) in [7, 11) is 0. The van der Waals surface area contributed by atoms with Crippen LogP contribution >= 0.6 is 0 Å². The highest BCUT2D eigenvalue weighted by Gasteiger charge is 2.42. The predicted molar refractivity (Wildman–Crippen MR) is 76.0 cm³/mol. The first-order chi connectivity index (χ1) is 12.0. The van der Waals surface area contributed by atoms with Crippen LogP contribution in [-0.4, -0.2) is 10.8 Å². The minimum atomic E-state index is -5.10. The van der Waals surface area contributed by atoms with E-state index in [2.05, 4.69) is 4.98 Å². The number of carbonyl (C=O) groups is 1. The highest BCUT2D eigenvalue weighted by atomic mass is 19.4. The summed E-state index contributed by atoms with van der Waals surface area (Å²) in [4.78, 5) is 15.9. The van der Waals surface area contributed by atoms with Crippen molar-refractivity contribution in [2.45, 2.75) is 31.1 Å². The number of ketones is 1. The Bertz CT molecular complexity index is 870. The van der Waals surface area contributed by atoms with Crippen LogP contribution in [0.4, 0.5) is 30.7 Å². The van der Waals surface area contributed by atoms with Gasteiger partial charge in [0.15, 0.2) is 5.78 Å². The van der Waals surface area contributed by atoms with Gasteiger partial charge in [-0.3, -0.25) is 9.78 Å². The zero-order chi connectivity index (χ0) is 19.3. The molecule has 2 aromatic rings. The molecule has 1 unspecified atom stereocenters. The number of hydrogen-bond donors (Lipinski definition) is 0. The fourth-order valence-electron chi connectivity index (χ4n) is 3.02. The van der Waals surface area contributed by atoms with Crippen molar-refractivity contribution >= 4 is 5.78 Å². The van der Waals surface area contributed by atoms with Gasteiger partial charge in [0, 0.05) is 11.8 Å². The molecule has 1 aromatic carbocycles. The van der Waals surface area contributed by atoms with Gasteiger partial charge in [-0.05, 0) is 42.7 Å². The predicted octanol–water partition coefficient (Wildman–Crippen LogP) is 5.17. The van der Waals surface area contributed by atoms with E-state index in [-0.39, 0.29) is 30.7 Å². The second kappa shape index (κ2) is 6.07. The first-order valence-electron chi connectivity index (χ1n) is 7.45. The summed E-state index contributed by atoms with van der Waals surface area (Å²) in [6.45, 7) is 0. The molecule has 0 fully saturated rings. The Morgan fingerprint density at radius 2 is 1.69 bits per heavy atom. The van der Waals surface area contributed by atoms with Crippen molar-refractivity contribution in [1.29, 1.82) is 0 Å². The van der Waals surface area contributed by atoms with Crippen molar-refractivity contribution in [3.8, 4) is 0 Å². The molecule has 1 aromatic heterocycles. The van der Waals surface area contributed by atoms with Gasteiger partial charge >= 0.3 is 12.4 Å². The maximum atomic E-state index is 13.3. The van der Waals surface area contributed by atoms with Gasteiger partial charge < -0.3 is 0 Å². The van der Waals surface area contributed by atoms with Crippen LogP contribution in [0, 0.1) is 5.82 Å². The number of alkyl halides is 6. The summed E-state index contributed by atoms with van der Waals surface area (Å²) in [5.41, 5.74) is -3.47. The molecule has 0 aliphatic heterocycles. The number of aryl methyl sites for hydroxylation is 1. The van der Waals surface area contributed by atoms with Crippen LogP contribution in [0.15, 0.2) is 30.5 Å². The maximum Gasteiger partial charge on any atom is 0.418 e. The molecule has 0 bridgehead atoms. The van der Waals surface area contributed by atoms with Crippen LogP contribution in [0.5, 0.6) is 0 Å². The molecular formula is C17H10F7NO. The van der Waals surface area contributed by atoms with E-state index in [1.54, 1.807) is 0 Å². The van der Waals surface area contributed by atoms with E-state index in [0.29, 0.717) is 5.56 Å². The van der Waals surface area contributed by atoms with Crippen molar-refractivity contribution in [3.05, 3.63) is 64.2 Å². The zero-order valence-electron chi connectivity index (χ0n) is 12.9. The molecule has 1 heterocycles. The average molecular weight is 377 g/mol. The third-order valence-corrected chi connectivity index (χ3v) is 4.23. The number of pyridine rings is 1. The Morgan fingerprint density at radius 3 is 2.31 bits per heavy atom. The lowest BCUT2D eigenvalue weighted by Crippen LogP contribution is -2.25. The van der Waals surface area contributed by atoms with Gasteiger partial charge in [-0.15, -0.1) is 0 Å². The molecular weight excluding hydrogens is 367 g/mol. The molecule has 0 radical (unpaired) electrons. The van der Waals surface area contributed by atoms with E-state index in [1.165, 1.54) is 0 Å². The summed E-state index contributed by atoms with van der Waals surface area (Å²) in [5, 5.41) is 0. The molecule has 26 heavy (non-hydrogen) atoms. The lowest BCUT2D eigenvalue weighted by Gasteiger charge is -2.25. The minimum Gasteiger partial charge on any atom is -0.293 e.